The number of aliphatic hydroxyl groups excluding tert-OH is 2. The molecule has 0 radical (unpaired) electrons. The smallest absolute Gasteiger partial charge is 0.306 e. The lowest BCUT2D eigenvalue weighted by Crippen LogP contribution is -2.46. The van der Waals surface area contributed by atoms with Crippen molar-refractivity contribution in [1.29, 1.82) is 0 Å². The van der Waals surface area contributed by atoms with Crippen LogP contribution < -0.4 is 5.32 Å². The molecule has 0 rings (SSSR count). The van der Waals surface area contributed by atoms with E-state index >= 15 is 0 Å². The highest BCUT2D eigenvalue weighted by Crippen LogP contribution is 2.18. The number of aliphatic hydroxyl groups is 2. The van der Waals surface area contributed by atoms with Gasteiger partial charge in [0.1, 0.15) is 6.10 Å². The zero-order valence-corrected chi connectivity index (χ0v) is 45.2. The Morgan fingerprint density at radius 2 is 0.841 bits per heavy atom. The average Bonchev–Trinajstić information content (AvgIpc) is 3.34. The Kier molecular flexibility index (Phi) is 53.1. The molecule has 0 bridgehead atoms. The number of amides is 1. The molecule has 6 heteroatoms. The van der Waals surface area contributed by atoms with Gasteiger partial charge in [-0.2, -0.15) is 0 Å². The molecule has 0 aromatic rings. The maximum atomic E-state index is 13.3. The van der Waals surface area contributed by atoms with Gasteiger partial charge < -0.3 is 20.3 Å². The fourth-order valence-corrected chi connectivity index (χ4v) is 8.43. The minimum Gasteiger partial charge on any atom is -0.462 e. The molecule has 6 nitrogen and oxygen atoms in total. The Bertz CT molecular complexity index is 1350. The molecule has 0 aliphatic heterocycles. The molecule has 0 aromatic carbocycles. The molecule has 0 saturated heterocycles. The average molecular weight is 961 g/mol. The van der Waals surface area contributed by atoms with Crippen LogP contribution in [0.3, 0.4) is 0 Å². The van der Waals surface area contributed by atoms with Crippen molar-refractivity contribution in [2.75, 3.05) is 6.61 Å². The predicted octanol–water partition coefficient (Wildman–Crippen LogP) is 18.1. The Balaban J connectivity index is 4.67. The normalized spacial score (nSPS) is 13.9. The van der Waals surface area contributed by atoms with E-state index in [0.29, 0.717) is 19.3 Å². The van der Waals surface area contributed by atoms with Crippen molar-refractivity contribution in [3.8, 4) is 0 Å². The van der Waals surface area contributed by atoms with Crippen LogP contribution in [0.25, 0.3) is 0 Å². The third-order valence-corrected chi connectivity index (χ3v) is 12.8. The van der Waals surface area contributed by atoms with Gasteiger partial charge in [-0.25, -0.2) is 0 Å². The lowest BCUT2D eigenvalue weighted by molar-refractivity contribution is -0.151. The summed E-state index contributed by atoms with van der Waals surface area (Å²) >= 11 is 0. The number of allylic oxidation sites excluding steroid dienone is 16. The third kappa shape index (κ3) is 51.0. The fraction of sp³-hybridized carbons (Fsp3) is 0.714. The monoisotopic (exact) mass is 960 g/mol. The molecule has 3 N–H and O–H groups in total. The molecule has 3 atom stereocenters. The second-order valence-corrected chi connectivity index (χ2v) is 19.5. The van der Waals surface area contributed by atoms with Crippen LogP contribution in [0.1, 0.15) is 265 Å². The van der Waals surface area contributed by atoms with Crippen LogP contribution in [0, 0.1) is 0 Å². The van der Waals surface area contributed by atoms with Crippen molar-refractivity contribution in [2.24, 2.45) is 0 Å². The van der Waals surface area contributed by atoms with Gasteiger partial charge >= 0.3 is 5.97 Å². The van der Waals surface area contributed by atoms with E-state index in [-0.39, 0.29) is 24.9 Å². The molecule has 1 amide bonds. The van der Waals surface area contributed by atoms with Crippen LogP contribution in [-0.4, -0.2) is 46.9 Å². The molecule has 0 aliphatic carbocycles. The van der Waals surface area contributed by atoms with Crippen LogP contribution in [0.2, 0.25) is 0 Å². The van der Waals surface area contributed by atoms with Crippen LogP contribution in [0.5, 0.6) is 0 Å². The van der Waals surface area contributed by atoms with E-state index in [1.54, 1.807) is 0 Å². The lowest BCUT2D eigenvalue weighted by Gasteiger charge is -2.24. The molecule has 0 aromatic heterocycles. The number of unbranched alkanes of at least 4 members (excludes halogenated alkanes) is 28. The molecule has 3 unspecified atom stereocenters. The van der Waals surface area contributed by atoms with Crippen molar-refractivity contribution < 1.29 is 24.5 Å². The van der Waals surface area contributed by atoms with E-state index in [9.17, 15) is 19.8 Å². The van der Waals surface area contributed by atoms with Gasteiger partial charge in [0.15, 0.2) is 0 Å². The number of ether oxygens (including phenoxy) is 1. The molecule has 396 valence electrons. The topological polar surface area (TPSA) is 95.9 Å². The van der Waals surface area contributed by atoms with Gasteiger partial charge in [-0.05, 0) is 77.0 Å². The largest absolute Gasteiger partial charge is 0.462 e. The highest BCUT2D eigenvalue weighted by atomic mass is 16.5. The van der Waals surface area contributed by atoms with Crippen LogP contribution in [-0.2, 0) is 14.3 Å². The predicted molar refractivity (Wildman–Crippen MR) is 300 cm³/mol. The lowest BCUT2D eigenvalue weighted by atomic mass is 10.0. The summed E-state index contributed by atoms with van der Waals surface area (Å²) in [6.07, 6.45) is 74.6. The number of carbonyl (C=O) groups is 2. The van der Waals surface area contributed by atoms with Crippen molar-refractivity contribution >= 4 is 11.9 Å². The number of nitrogens with one attached hydrogen (secondary N) is 1. The molecular formula is C63H109NO5. The van der Waals surface area contributed by atoms with Gasteiger partial charge in [-0.3, -0.25) is 9.59 Å². The van der Waals surface area contributed by atoms with Gasteiger partial charge in [-0.15, -0.1) is 0 Å². The first kappa shape index (κ1) is 65.8. The van der Waals surface area contributed by atoms with Gasteiger partial charge in [-0.1, -0.05) is 272 Å². The maximum Gasteiger partial charge on any atom is 0.306 e. The highest BCUT2D eigenvalue weighted by Gasteiger charge is 2.24. The first-order valence-electron chi connectivity index (χ1n) is 29.0. The van der Waals surface area contributed by atoms with E-state index in [4.69, 9.17) is 4.74 Å². The van der Waals surface area contributed by atoms with Crippen molar-refractivity contribution in [3.63, 3.8) is 0 Å². The summed E-state index contributed by atoms with van der Waals surface area (Å²) in [4.78, 5) is 26.3. The zero-order chi connectivity index (χ0) is 50.2. The van der Waals surface area contributed by atoms with Crippen molar-refractivity contribution in [1.82, 2.24) is 5.32 Å². The number of carbonyl (C=O) groups excluding carboxylic acids is 2. The molecule has 0 heterocycles. The van der Waals surface area contributed by atoms with Crippen LogP contribution >= 0.6 is 0 Å². The van der Waals surface area contributed by atoms with E-state index in [0.717, 1.165) is 83.5 Å². The summed E-state index contributed by atoms with van der Waals surface area (Å²) in [5.41, 5.74) is 0. The summed E-state index contributed by atoms with van der Waals surface area (Å²) in [5, 5.41) is 23.9. The number of rotatable bonds is 51. The summed E-state index contributed by atoms with van der Waals surface area (Å²) < 4.78 is 5.94. The standard InChI is InChI=1S/C63H109NO5/c1-4-7-10-13-16-19-22-25-28-31-33-36-39-42-45-48-51-54-59(69-63(68)56-53-50-47-44-41-38-35-32-29-26-23-20-17-14-11-8-5-2)57-62(67)64-60(58-65)61(66)55-52-49-46-43-40-37-34-30-27-24-21-18-15-12-9-6-3/h8,11,14,16-17,19-20,23,25-26,28-29,32,35,38,41,59-61,65-66H,4-7,9-10,12-13,15,18,21-22,24,27,30-31,33-34,36-37,39-40,42-58H2,1-3H3,(H,64,67)/b11-8-,17-14+,19-16-,23-20+,28-25-,29-26-,35-32+,41-38+. The zero-order valence-electron chi connectivity index (χ0n) is 45.2. The number of hydrogen-bond acceptors (Lipinski definition) is 5. The summed E-state index contributed by atoms with van der Waals surface area (Å²) in [6.45, 7) is 6.32. The van der Waals surface area contributed by atoms with Gasteiger partial charge in [0.05, 0.1) is 25.2 Å². The quantitative estimate of drug-likeness (QED) is 0.0244. The highest BCUT2D eigenvalue weighted by molar-refractivity contribution is 5.77. The van der Waals surface area contributed by atoms with Crippen LogP contribution in [0.15, 0.2) is 97.2 Å². The molecule has 0 aliphatic rings. The van der Waals surface area contributed by atoms with E-state index in [1.165, 1.54) is 135 Å². The van der Waals surface area contributed by atoms with Gasteiger partial charge in [0, 0.05) is 6.42 Å². The summed E-state index contributed by atoms with van der Waals surface area (Å²) in [5.74, 6) is -0.533. The Hall–Kier alpha value is -3.22. The Morgan fingerprint density at radius 3 is 1.33 bits per heavy atom. The molecule has 69 heavy (non-hydrogen) atoms. The molecular weight excluding hydrogens is 851 g/mol. The molecule has 0 saturated carbocycles. The minimum atomic E-state index is -0.805. The second kappa shape index (κ2) is 55.7. The summed E-state index contributed by atoms with van der Waals surface area (Å²) in [6, 6.07) is -0.721. The van der Waals surface area contributed by atoms with E-state index in [1.807, 2.05) is 48.6 Å². The van der Waals surface area contributed by atoms with Crippen molar-refractivity contribution in [3.05, 3.63) is 97.2 Å². The van der Waals surface area contributed by atoms with Gasteiger partial charge in [0.25, 0.3) is 0 Å². The number of esters is 1. The second-order valence-electron chi connectivity index (χ2n) is 19.5. The van der Waals surface area contributed by atoms with Gasteiger partial charge in [0.2, 0.25) is 5.91 Å². The SMILES string of the molecule is CC\C=C/C=C/C=C/C=C\C=C\C=C\CCCCCC(=O)OC(CCCCCCCCC/C=C\C/C=C\CCCCC)CC(=O)NC(CO)C(O)CCCCCCCCCCCCCCCCCC. The van der Waals surface area contributed by atoms with E-state index < -0.39 is 18.2 Å². The van der Waals surface area contributed by atoms with Crippen LogP contribution in [0.4, 0.5) is 0 Å². The first-order valence-corrected chi connectivity index (χ1v) is 29.0. The minimum absolute atomic E-state index is 0.0493. The first-order chi connectivity index (χ1) is 34.0. The third-order valence-electron chi connectivity index (χ3n) is 12.8. The Labute approximate surface area is 426 Å². The van der Waals surface area contributed by atoms with E-state index in [2.05, 4.69) is 74.7 Å². The maximum absolute atomic E-state index is 13.3. The van der Waals surface area contributed by atoms with Crippen molar-refractivity contribution in [2.45, 2.75) is 283 Å². The fourth-order valence-electron chi connectivity index (χ4n) is 8.43. The Morgan fingerprint density at radius 1 is 0.449 bits per heavy atom. The molecule has 0 fully saturated rings. The summed E-state index contributed by atoms with van der Waals surface area (Å²) in [7, 11) is 0. The molecule has 0 spiro atoms. The number of hydrogen-bond donors (Lipinski definition) is 3.